The molecule has 47 heavy (non-hydrogen) atoms. The monoisotopic (exact) mass is 666 g/mol. The van der Waals surface area contributed by atoms with Crippen molar-refractivity contribution in [3.63, 3.8) is 0 Å². The highest BCUT2D eigenvalue weighted by Gasteiger charge is 2.28. The molecule has 0 saturated heterocycles. The minimum Gasteiger partial charge on any atom is -0.394 e. The molecule has 6 heteroatoms. The van der Waals surface area contributed by atoms with Crippen LogP contribution in [0.5, 0.6) is 0 Å². The van der Waals surface area contributed by atoms with E-state index in [1.807, 2.05) is 0 Å². The van der Waals surface area contributed by atoms with Crippen molar-refractivity contribution >= 4 is 5.91 Å². The van der Waals surface area contributed by atoms with Gasteiger partial charge in [-0.2, -0.15) is 0 Å². The highest BCUT2D eigenvalue weighted by Crippen LogP contribution is 2.14. The Morgan fingerprint density at radius 2 is 0.872 bits per heavy atom. The topological polar surface area (TPSA) is 110 Å². The number of rotatable bonds is 36. The summed E-state index contributed by atoms with van der Waals surface area (Å²) in [4.78, 5) is 12.5. The maximum atomic E-state index is 12.5. The van der Waals surface area contributed by atoms with E-state index in [4.69, 9.17) is 0 Å². The SMILES string of the molecule is CCCCCCCCCCC/C=C\CCCCCCC(O)C(=O)NC(CO)C(O)C(O)CCC/C=C/CCCCCCCCCCC. The Bertz CT molecular complexity index is 712. The van der Waals surface area contributed by atoms with E-state index in [0.717, 1.165) is 51.4 Å². The molecule has 0 rings (SSSR count). The second-order valence-corrected chi connectivity index (χ2v) is 14.0. The molecule has 0 spiro atoms. The van der Waals surface area contributed by atoms with Crippen LogP contribution < -0.4 is 5.32 Å². The zero-order valence-electron chi connectivity index (χ0n) is 31.0. The van der Waals surface area contributed by atoms with Crippen LogP contribution in [-0.4, -0.2) is 57.3 Å². The smallest absolute Gasteiger partial charge is 0.249 e. The summed E-state index contributed by atoms with van der Waals surface area (Å²) in [6, 6.07) is -1.00. The Labute approximate surface area is 291 Å². The summed E-state index contributed by atoms with van der Waals surface area (Å²) in [5, 5.41) is 43.5. The molecule has 6 nitrogen and oxygen atoms in total. The first-order chi connectivity index (χ1) is 23.0. The van der Waals surface area contributed by atoms with Crippen LogP contribution >= 0.6 is 0 Å². The molecular weight excluding hydrogens is 586 g/mol. The van der Waals surface area contributed by atoms with Crippen molar-refractivity contribution in [3.8, 4) is 0 Å². The fraction of sp³-hybridized carbons (Fsp3) is 0.878. The van der Waals surface area contributed by atoms with Gasteiger partial charge in [0.1, 0.15) is 12.2 Å². The fourth-order valence-electron chi connectivity index (χ4n) is 6.10. The van der Waals surface area contributed by atoms with E-state index in [1.165, 1.54) is 122 Å². The Hall–Kier alpha value is -1.21. The summed E-state index contributed by atoms with van der Waals surface area (Å²) < 4.78 is 0. The van der Waals surface area contributed by atoms with Crippen molar-refractivity contribution in [1.29, 1.82) is 0 Å². The lowest BCUT2D eigenvalue weighted by Crippen LogP contribution is -2.53. The van der Waals surface area contributed by atoms with Gasteiger partial charge < -0.3 is 25.7 Å². The van der Waals surface area contributed by atoms with Crippen LogP contribution in [0.25, 0.3) is 0 Å². The molecule has 4 unspecified atom stereocenters. The predicted molar refractivity (Wildman–Crippen MR) is 201 cm³/mol. The summed E-state index contributed by atoms with van der Waals surface area (Å²) >= 11 is 0. The second kappa shape index (κ2) is 36.1. The van der Waals surface area contributed by atoms with Gasteiger partial charge >= 0.3 is 0 Å². The van der Waals surface area contributed by atoms with Gasteiger partial charge in [-0.05, 0) is 64.2 Å². The van der Waals surface area contributed by atoms with Crippen molar-refractivity contribution in [1.82, 2.24) is 5.32 Å². The largest absolute Gasteiger partial charge is 0.394 e. The van der Waals surface area contributed by atoms with Crippen LogP contribution in [0.3, 0.4) is 0 Å². The maximum Gasteiger partial charge on any atom is 0.249 e. The van der Waals surface area contributed by atoms with Gasteiger partial charge in [-0.15, -0.1) is 0 Å². The van der Waals surface area contributed by atoms with Crippen molar-refractivity contribution in [2.75, 3.05) is 6.61 Å². The molecule has 5 N–H and O–H groups in total. The molecule has 0 heterocycles. The van der Waals surface area contributed by atoms with Crippen molar-refractivity contribution < 1.29 is 25.2 Å². The molecular formula is C41H79NO5. The van der Waals surface area contributed by atoms with Crippen LogP contribution in [0.2, 0.25) is 0 Å². The standard InChI is InChI=1S/C41H79NO5/c1-3-5-7-9-11-13-15-17-19-20-21-23-25-27-29-31-33-35-39(45)41(47)42-37(36-43)40(46)38(44)34-32-30-28-26-24-22-18-16-14-12-10-8-6-4-2/h21,23,26,28,37-40,43-46H,3-20,22,24-25,27,29-36H2,1-2H3,(H,42,47)/b23-21-,28-26+. The van der Waals surface area contributed by atoms with Gasteiger partial charge in [-0.25, -0.2) is 0 Å². The zero-order valence-corrected chi connectivity index (χ0v) is 31.0. The lowest BCUT2D eigenvalue weighted by Gasteiger charge is -2.27. The number of unbranched alkanes of at least 4 members (excludes halogenated alkanes) is 23. The van der Waals surface area contributed by atoms with E-state index in [1.54, 1.807) is 0 Å². The Morgan fingerprint density at radius 3 is 1.28 bits per heavy atom. The van der Waals surface area contributed by atoms with E-state index < -0.39 is 36.9 Å². The number of aliphatic hydroxyl groups is 4. The zero-order chi connectivity index (χ0) is 34.6. The summed E-state index contributed by atoms with van der Waals surface area (Å²) in [6.07, 6.45) is 39.1. The fourth-order valence-corrected chi connectivity index (χ4v) is 6.10. The molecule has 0 saturated carbocycles. The van der Waals surface area contributed by atoms with Gasteiger partial charge in [-0.3, -0.25) is 4.79 Å². The van der Waals surface area contributed by atoms with Gasteiger partial charge in [0, 0.05) is 0 Å². The number of carbonyl (C=O) groups is 1. The summed E-state index contributed by atoms with van der Waals surface area (Å²) in [5.74, 6) is -0.603. The van der Waals surface area contributed by atoms with Gasteiger partial charge in [0.05, 0.1) is 18.8 Å². The van der Waals surface area contributed by atoms with Crippen molar-refractivity contribution in [2.45, 2.75) is 224 Å². The van der Waals surface area contributed by atoms with Crippen LogP contribution in [-0.2, 0) is 4.79 Å². The molecule has 0 aromatic carbocycles. The van der Waals surface area contributed by atoms with Crippen LogP contribution in [0.15, 0.2) is 24.3 Å². The van der Waals surface area contributed by atoms with Crippen LogP contribution in [0, 0.1) is 0 Å². The molecule has 0 radical (unpaired) electrons. The Kier molecular flexibility index (Phi) is 35.2. The number of hydrogen-bond acceptors (Lipinski definition) is 5. The molecule has 0 fully saturated rings. The number of nitrogens with one attached hydrogen (secondary N) is 1. The number of allylic oxidation sites excluding steroid dienone is 4. The highest BCUT2D eigenvalue weighted by molar-refractivity contribution is 5.80. The molecule has 4 atom stereocenters. The minimum atomic E-state index is -1.28. The summed E-state index contributed by atoms with van der Waals surface area (Å²) in [5.41, 5.74) is 0. The molecule has 0 aliphatic rings. The molecule has 0 aliphatic heterocycles. The third-order valence-corrected chi connectivity index (χ3v) is 9.38. The third-order valence-electron chi connectivity index (χ3n) is 9.38. The molecule has 0 aliphatic carbocycles. The normalized spacial score (nSPS) is 14.6. The molecule has 0 aromatic heterocycles. The lowest BCUT2D eigenvalue weighted by atomic mass is 10.00. The Morgan fingerprint density at radius 1 is 0.511 bits per heavy atom. The van der Waals surface area contributed by atoms with Gasteiger partial charge in [-0.1, -0.05) is 160 Å². The molecule has 0 aromatic rings. The van der Waals surface area contributed by atoms with Crippen LogP contribution in [0.1, 0.15) is 200 Å². The van der Waals surface area contributed by atoms with E-state index >= 15 is 0 Å². The number of aliphatic hydroxyl groups excluding tert-OH is 4. The van der Waals surface area contributed by atoms with E-state index in [-0.39, 0.29) is 0 Å². The van der Waals surface area contributed by atoms with Gasteiger partial charge in [0.2, 0.25) is 5.91 Å². The average Bonchev–Trinajstić information content (AvgIpc) is 3.07. The third kappa shape index (κ3) is 30.6. The minimum absolute atomic E-state index is 0.350. The van der Waals surface area contributed by atoms with Gasteiger partial charge in [0.25, 0.3) is 0 Å². The summed E-state index contributed by atoms with van der Waals surface area (Å²) in [7, 11) is 0. The number of amides is 1. The maximum absolute atomic E-state index is 12.5. The molecule has 1 amide bonds. The first kappa shape index (κ1) is 45.8. The molecule has 0 bridgehead atoms. The Balaban J connectivity index is 3.84. The summed E-state index contributed by atoms with van der Waals surface area (Å²) in [6.45, 7) is 4.02. The van der Waals surface area contributed by atoms with E-state index in [0.29, 0.717) is 12.8 Å². The van der Waals surface area contributed by atoms with Crippen molar-refractivity contribution in [3.05, 3.63) is 24.3 Å². The quantitative estimate of drug-likeness (QED) is 0.0338. The van der Waals surface area contributed by atoms with Crippen LogP contribution in [0.4, 0.5) is 0 Å². The first-order valence-electron chi connectivity index (χ1n) is 20.2. The lowest BCUT2D eigenvalue weighted by molar-refractivity contribution is -0.132. The average molecular weight is 666 g/mol. The van der Waals surface area contributed by atoms with E-state index in [2.05, 4.69) is 43.5 Å². The number of hydrogen-bond donors (Lipinski definition) is 5. The predicted octanol–water partition coefficient (Wildman–Crippen LogP) is 10.0. The van der Waals surface area contributed by atoms with Gasteiger partial charge in [0.15, 0.2) is 0 Å². The molecule has 278 valence electrons. The highest BCUT2D eigenvalue weighted by atomic mass is 16.3. The van der Waals surface area contributed by atoms with Crippen molar-refractivity contribution in [2.24, 2.45) is 0 Å². The second-order valence-electron chi connectivity index (χ2n) is 14.0. The first-order valence-corrected chi connectivity index (χ1v) is 20.2. The number of carbonyl (C=O) groups excluding carboxylic acids is 1. The van der Waals surface area contributed by atoms with E-state index in [9.17, 15) is 25.2 Å².